The average molecular weight is 634 g/mol. The number of carbonyl (C=O) groups excluding carboxylic acids is 2. The predicted molar refractivity (Wildman–Crippen MR) is 158 cm³/mol. The van der Waals surface area contributed by atoms with Gasteiger partial charge in [0.15, 0.2) is 11.6 Å². The second kappa shape index (κ2) is 13.0. The van der Waals surface area contributed by atoms with Crippen LogP contribution in [0.15, 0.2) is 35.3 Å². The molecule has 1 aliphatic heterocycles. The number of methoxy groups -OCH3 is 1. The topological polar surface area (TPSA) is 99.1 Å². The van der Waals surface area contributed by atoms with Crippen LogP contribution in [0.2, 0.25) is 0 Å². The Kier molecular flexibility index (Phi) is 9.26. The summed E-state index contributed by atoms with van der Waals surface area (Å²) in [5, 5.41) is 2.67. The number of rotatable bonds is 9. The number of amides is 1. The average Bonchev–Trinajstić information content (AvgIpc) is 2.96. The van der Waals surface area contributed by atoms with Crippen LogP contribution in [0, 0.1) is 18.7 Å². The molecule has 5 rings (SSSR count). The summed E-state index contributed by atoms with van der Waals surface area (Å²) in [6.07, 6.45) is 0.148. The molecule has 0 radical (unpaired) electrons. The van der Waals surface area contributed by atoms with Crippen molar-refractivity contribution in [2.45, 2.75) is 64.9 Å². The van der Waals surface area contributed by atoms with E-state index >= 15 is 4.39 Å². The van der Waals surface area contributed by atoms with Gasteiger partial charge in [0.05, 0.1) is 30.5 Å². The van der Waals surface area contributed by atoms with E-state index in [9.17, 15) is 27.6 Å². The van der Waals surface area contributed by atoms with Crippen LogP contribution in [0.1, 0.15) is 66.6 Å². The molecule has 1 saturated heterocycles. The van der Waals surface area contributed by atoms with Crippen molar-refractivity contribution in [1.29, 1.82) is 0 Å². The zero-order valence-corrected chi connectivity index (χ0v) is 25.3. The lowest BCUT2D eigenvalue weighted by Gasteiger charge is -2.35. The van der Waals surface area contributed by atoms with Crippen LogP contribution >= 0.6 is 0 Å². The molecule has 1 aromatic heterocycles. The standard InChI is InChI=1S/C32H35F4N3O6/c1-4-44-31(42)19-10-12-38(13-11-19)27-25(33)15-23-26(29(27)43-3)39(21-6-5-7-21)17-24(28(23)40)30(41)37-16-20-8-9-22(14-18(20)2)45-32(34,35)36/h8-9,14-15,17,19,21H,4-7,10-13,16H2,1-3H3,(H,37,41). The first-order chi connectivity index (χ1) is 21.4. The summed E-state index contributed by atoms with van der Waals surface area (Å²) >= 11 is 0. The van der Waals surface area contributed by atoms with Gasteiger partial charge in [-0.25, -0.2) is 4.39 Å². The number of nitrogens with one attached hydrogen (secondary N) is 1. The Morgan fingerprint density at radius 3 is 2.38 bits per heavy atom. The molecule has 9 nitrogen and oxygen atoms in total. The van der Waals surface area contributed by atoms with Crippen molar-refractivity contribution in [2.75, 3.05) is 31.7 Å². The van der Waals surface area contributed by atoms with E-state index in [2.05, 4.69) is 10.1 Å². The van der Waals surface area contributed by atoms with Gasteiger partial charge in [0.25, 0.3) is 5.91 Å². The third kappa shape index (κ3) is 6.71. The number of fused-ring (bicyclic) bond motifs is 1. The van der Waals surface area contributed by atoms with Gasteiger partial charge in [0, 0.05) is 31.9 Å². The van der Waals surface area contributed by atoms with Gasteiger partial charge < -0.3 is 29.0 Å². The molecule has 0 unspecified atom stereocenters. The number of aromatic nitrogens is 1. The van der Waals surface area contributed by atoms with Crippen molar-refractivity contribution in [3.63, 3.8) is 0 Å². The Hall–Kier alpha value is -4.29. The van der Waals surface area contributed by atoms with Crippen molar-refractivity contribution in [1.82, 2.24) is 9.88 Å². The second-order valence-electron chi connectivity index (χ2n) is 11.3. The first-order valence-corrected chi connectivity index (χ1v) is 14.9. The van der Waals surface area contributed by atoms with Crippen LogP contribution in [0.25, 0.3) is 10.9 Å². The lowest BCUT2D eigenvalue weighted by atomic mass is 9.91. The third-order valence-electron chi connectivity index (χ3n) is 8.53. The summed E-state index contributed by atoms with van der Waals surface area (Å²) in [6.45, 7) is 4.34. The van der Waals surface area contributed by atoms with Gasteiger partial charge in [-0.2, -0.15) is 0 Å². The second-order valence-corrected chi connectivity index (χ2v) is 11.3. The number of hydrogen-bond acceptors (Lipinski definition) is 7. The maximum Gasteiger partial charge on any atom is 0.573 e. The lowest BCUT2D eigenvalue weighted by Crippen LogP contribution is -2.38. The molecular formula is C32H35F4N3O6. The summed E-state index contributed by atoms with van der Waals surface area (Å²) < 4.78 is 70.3. The highest BCUT2D eigenvalue weighted by Gasteiger charge is 2.33. The Morgan fingerprint density at radius 1 is 1.09 bits per heavy atom. The molecule has 2 aliphatic rings. The van der Waals surface area contributed by atoms with Crippen LogP contribution < -0.4 is 25.1 Å². The molecule has 0 spiro atoms. The van der Waals surface area contributed by atoms with Crippen molar-refractivity contribution < 1.29 is 41.4 Å². The van der Waals surface area contributed by atoms with Gasteiger partial charge in [0.2, 0.25) is 5.43 Å². The van der Waals surface area contributed by atoms with E-state index in [-0.39, 0.29) is 52.6 Å². The normalized spacial score (nSPS) is 15.9. The molecule has 45 heavy (non-hydrogen) atoms. The van der Waals surface area contributed by atoms with Gasteiger partial charge in [-0.15, -0.1) is 13.2 Å². The highest BCUT2D eigenvalue weighted by Crippen LogP contribution is 2.43. The summed E-state index contributed by atoms with van der Waals surface area (Å²) in [7, 11) is 1.41. The molecule has 1 amide bonds. The van der Waals surface area contributed by atoms with Gasteiger partial charge in [-0.1, -0.05) is 6.07 Å². The zero-order valence-electron chi connectivity index (χ0n) is 25.3. The van der Waals surface area contributed by atoms with Crippen LogP contribution in [0.4, 0.5) is 23.2 Å². The molecule has 13 heteroatoms. The molecule has 1 N–H and O–H groups in total. The van der Waals surface area contributed by atoms with Crippen LogP contribution in [-0.4, -0.2) is 49.6 Å². The molecular weight excluding hydrogens is 598 g/mol. The third-order valence-corrected chi connectivity index (χ3v) is 8.53. The maximum atomic E-state index is 15.9. The van der Waals surface area contributed by atoms with E-state index in [4.69, 9.17) is 9.47 Å². The van der Waals surface area contributed by atoms with E-state index in [1.807, 2.05) is 9.47 Å². The molecule has 242 valence electrons. The molecule has 0 bridgehead atoms. The molecule has 2 aromatic carbocycles. The minimum atomic E-state index is -4.83. The number of aryl methyl sites for hydroxylation is 1. The number of hydrogen-bond donors (Lipinski definition) is 1. The van der Waals surface area contributed by atoms with E-state index in [0.29, 0.717) is 49.2 Å². The Morgan fingerprint density at radius 2 is 1.80 bits per heavy atom. The summed E-state index contributed by atoms with van der Waals surface area (Å²) in [5.74, 6) is -2.12. The number of alkyl halides is 3. The van der Waals surface area contributed by atoms with E-state index in [0.717, 1.165) is 31.4 Å². The summed E-state index contributed by atoms with van der Waals surface area (Å²) in [6, 6.07) is 4.86. The van der Waals surface area contributed by atoms with E-state index < -0.39 is 23.5 Å². The van der Waals surface area contributed by atoms with Gasteiger partial charge in [-0.3, -0.25) is 14.4 Å². The first-order valence-electron chi connectivity index (χ1n) is 14.9. The van der Waals surface area contributed by atoms with Gasteiger partial charge in [0.1, 0.15) is 17.0 Å². The van der Waals surface area contributed by atoms with Crippen molar-refractivity contribution in [3.8, 4) is 11.5 Å². The fourth-order valence-electron chi connectivity index (χ4n) is 5.98. The number of halogens is 4. The number of benzene rings is 2. The fraction of sp³-hybridized carbons (Fsp3) is 0.469. The monoisotopic (exact) mass is 633 g/mol. The molecule has 1 saturated carbocycles. The van der Waals surface area contributed by atoms with E-state index in [1.165, 1.54) is 25.4 Å². The first kappa shape index (κ1) is 32.1. The van der Waals surface area contributed by atoms with Gasteiger partial charge in [-0.05, 0) is 75.3 Å². The fourth-order valence-corrected chi connectivity index (χ4v) is 5.98. The number of carbonyl (C=O) groups is 2. The number of nitrogens with zero attached hydrogens (tertiary/aromatic N) is 2. The van der Waals surface area contributed by atoms with Crippen molar-refractivity contribution in [3.05, 3.63) is 63.2 Å². The highest BCUT2D eigenvalue weighted by atomic mass is 19.4. The quantitative estimate of drug-likeness (QED) is 0.235. The highest BCUT2D eigenvalue weighted by molar-refractivity contribution is 6.00. The molecule has 1 aliphatic carbocycles. The maximum absolute atomic E-state index is 15.9. The number of pyridine rings is 1. The number of piperidine rings is 1. The molecule has 3 aromatic rings. The Labute approximate surface area is 257 Å². The predicted octanol–water partition coefficient (Wildman–Crippen LogP) is 5.79. The number of anilines is 1. The van der Waals surface area contributed by atoms with Gasteiger partial charge >= 0.3 is 12.3 Å². The molecule has 0 atom stereocenters. The minimum absolute atomic E-state index is 0.00103. The van der Waals surface area contributed by atoms with E-state index in [1.54, 1.807) is 13.8 Å². The SMILES string of the molecule is CCOC(=O)C1CCN(c2c(F)cc3c(=O)c(C(=O)NCc4ccc(OC(F)(F)F)cc4C)cn(C4CCC4)c3c2OC)CC1. The smallest absolute Gasteiger partial charge is 0.492 e. The van der Waals surface area contributed by atoms with Crippen LogP contribution in [0.5, 0.6) is 11.5 Å². The zero-order chi connectivity index (χ0) is 32.5. The summed E-state index contributed by atoms with van der Waals surface area (Å²) in [4.78, 5) is 41.1. The minimum Gasteiger partial charge on any atom is -0.492 e. The Balaban J connectivity index is 1.46. The molecule has 2 heterocycles. The number of esters is 1. The summed E-state index contributed by atoms with van der Waals surface area (Å²) in [5.41, 5.74) is 0.714. The Bertz CT molecular complexity index is 1660. The van der Waals surface area contributed by atoms with Crippen LogP contribution in [0.3, 0.4) is 0 Å². The largest absolute Gasteiger partial charge is 0.573 e. The van der Waals surface area contributed by atoms with Crippen molar-refractivity contribution in [2.24, 2.45) is 5.92 Å². The lowest BCUT2D eigenvalue weighted by molar-refractivity contribution is -0.274. The number of ether oxygens (including phenoxy) is 3. The van der Waals surface area contributed by atoms with Crippen LogP contribution in [-0.2, 0) is 16.1 Å². The van der Waals surface area contributed by atoms with Crippen molar-refractivity contribution >= 4 is 28.5 Å². The molecule has 2 fully saturated rings.